The summed E-state index contributed by atoms with van der Waals surface area (Å²) in [7, 11) is 0. The van der Waals surface area contributed by atoms with Gasteiger partial charge in [0.15, 0.2) is 0 Å². The Kier molecular flexibility index (Phi) is 4.37. The molecule has 1 rings (SSSR count). The molecule has 86 valence electrons. The van der Waals surface area contributed by atoms with E-state index in [2.05, 4.69) is 27.4 Å². The zero-order valence-electron chi connectivity index (χ0n) is 10.0. The third-order valence-electron chi connectivity index (χ3n) is 3.40. The normalized spacial score (nSPS) is 31.3. The SMILES string of the molecule is C=CC(=O)O[C@@H]1C[C@H](C)CC[C@H]1C(C)C. The average Bonchev–Trinajstić information content (AvgIpc) is 2.17. The topological polar surface area (TPSA) is 26.3 Å². The molecule has 0 N–H and O–H groups in total. The van der Waals surface area contributed by atoms with E-state index in [1.807, 2.05) is 0 Å². The molecule has 0 saturated heterocycles. The minimum atomic E-state index is -0.278. The molecule has 0 bridgehead atoms. The van der Waals surface area contributed by atoms with Crippen LogP contribution in [0.15, 0.2) is 12.7 Å². The van der Waals surface area contributed by atoms with Crippen molar-refractivity contribution >= 4 is 5.97 Å². The summed E-state index contributed by atoms with van der Waals surface area (Å²) in [4.78, 5) is 11.2. The van der Waals surface area contributed by atoms with E-state index in [4.69, 9.17) is 4.74 Å². The van der Waals surface area contributed by atoms with Crippen molar-refractivity contribution in [1.82, 2.24) is 0 Å². The van der Waals surface area contributed by atoms with Gasteiger partial charge in [-0.1, -0.05) is 33.8 Å². The first-order chi connectivity index (χ1) is 7.04. The second-order valence-electron chi connectivity index (χ2n) is 5.01. The molecule has 0 aromatic heterocycles. The molecule has 3 atom stereocenters. The smallest absolute Gasteiger partial charge is 0.330 e. The van der Waals surface area contributed by atoms with Crippen molar-refractivity contribution < 1.29 is 9.53 Å². The molecular weight excluding hydrogens is 188 g/mol. The minimum Gasteiger partial charge on any atom is -0.459 e. The number of hydrogen-bond acceptors (Lipinski definition) is 2. The van der Waals surface area contributed by atoms with E-state index in [-0.39, 0.29) is 12.1 Å². The molecule has 0 spiro atoms. The van der Waals surface area contributed by atoms with Gasteiger partial charge < -0.3 is 4.74 Å². The molecule has 0 aromatic carbocycles. The van der Waals surface area contributed by atoms with E-state index in [9.17, 15) is 4.79 Å². The van der Waals surface area contributed by atoms with Crippen LogP contribution in [0.1, 0.15) is 40.0 Å². The quantitative estimate of drug-likeness (QED) is 0.528. The molecule has 0 heterocycles. The zero-order chi connectivity index (χ0) is 11.4. The highest BCUT2D eigenvalue weighted by atomic mass is 16.5. The van der Waals surface area contributed by atoms with Crippen molar-refractivity contribution in [3.8, 4) is 0 Å². The fourth-order valence-electron chi connectivity index (χ4n) is 2.45. The lowest BCUT2D eigenvalue weighted by molar-refractivity contribution is -0.149. The fraction of sp³-hybridized carbons (Fsp3) is 0.769. The molecule has 0 aromatic rings. The zero-order valence-corrected chi connectivity index (χ0v) is 10.0. The van der Waals surface area contributed by atoms with Crippen LogP contribution in [0.2, 0.25) is 0 Å². The molecular formula is C13H22O2. The Balaban J connectivity index is 2.61. The fourth-order valence-corrected chi connectivity index (χ4v) is 2.45. The summed E-state index contributed by atoms with van der Waals surface area (Å²) >= 11 is 0. The molecule has 0 amide bonds. The highest BCUT2D eigenvalue weighted by molar-refractivity contribution is 5.81. The summed E-state index contributed by atoms with van der Waals surface area (Å²) < 4.78 is 5.43. The lowest BCUT2D eigenvalue weighted by Gasteiger charge is -2.36. The summed E-state index contributed by atoms with van der Waals surface area (Å²) in [5, 5.41) is 0. The Morgan fingerprint density at radius 3 is 2.67 bits per heavy atom. The maximum atomic E-state index is 11.2. The first-order valence-electron chi connectivity index (χ1n) is 5.87. The highest BCUT2D eigenvalue weighted by Gasteiger charge is 2.32. The Morgan fingerprint density at radius 2 is 2.13 bits per heavy atom. The van der Waals surface area contributed by atoms with Gasteiger partial charge in [0, 0.05) is 6.08 Å². The molecule has 15 heavy (non-hydrogen) atoms. The van der Waals surface area contributed by atoms with Gasteiger partial charge in [0.25, 0.3) is 0 Å². The summed E-state index contributed by atoms with van der Waals surface area (Å²) in [6.07, 6.45) is 4.79. The molecule has 1 aliphatic rings. The number of esters is 1. The van der Waals surface area contributed by atoms with Crippen LogP contribution in [-0.2, 0) is 9.53 Å². The van der Waals surface area contributed by atoms with Crippen molar-refractivity contribution in [1.29, 1.82) is 0 Å². The summed E-state index contributed by atoms with van der Waals surface area (Å²) in [5.41, 5.74) is 0. The van der Waals surface area contributed by atoms with E-state index in [1.165, 1.54) is 18.9 Å². The van der Waals surface area contributed by atoms with Crippen LogP contribution in [0, 0.1) is 17.8 Å². The predicted octanol–water partition coefficient (Wildman–Crippen LogP) is 3.18. The van der Waals surface area contributed by atoms with Gasteiger partial charge in [-0.25, -0.2) is 4.79 Å². The van der Waals surface area contributed by atoms with Gasteiger partial charge in [-0.3, -0.25) is 0 Å². The van der Waals surface area contributed by atoms with Crippen LogP contribution in [0.25, 0.3) is 0 Å². The minimum absolute atomic E-state index is 0.0965. The van der Waals surface area contributed by atoms with Crippen LogP contribution in [0.5, 0.6) is 0 Å². The van der Waals surface area contributed by atoms with E-state index in [0.717, 1.165) is 6.42 Å². The highest BCUT2D eigenvalue weighted by Crippen LogP contribution is 2.35. The number of carbonyl (C=O) groups is 1. The van der Waals surface area contributed by atoms with Crippen molar-refractivity contribution in [2.24, 2.45) is 17.8 Å². The number of carbonyl (C=O) groups excluding carboxylic acids is 1. The summed E-state index contributed by atoms with van der Waals surface area (Å²) in [6, 6.07) is 0. The number of ether oxygens (including phenoxy) is 1. The van der Waals surface area contributed by atoms with Gasteiger partial charge in [-0.05, 0) is 30.6 Å². The molecule has 0 aliphatic heterocycles. The maximum absolute atomic E-state index is 11.2. The molecule has 0 unspecified atom stereocenters. The first-order valence-corrected chi connectivity index (χ1v) is 5.87. The second kappa shape index (κ2) is 5.34. The van der Waals surface area contributed by atoms with Crippen LogP contribution in [0.4, 0.5) is 0 Å². The van der Waals surface area contributed by atoms with Gasteiger partial charge in [0.05, 0.1) is 0 Å². The van der Waals surface area contributed by atoms with Gasteiger partial charge >= 0.3 is 5.97 Å². The van der Waals surface area contributed by atoms with E-state index >= 15 is 0 Å². The molecule has 1 fully saturated rings. The second-order valence-corrected chi connectivity index (χ2v) is 5.01. The van der Waals surface area contributed by atoms with Crippen molar-refractivity contribution in [3.63, 3.8) is 0 Å². The van der Waals surface area contributed by atoms with Gasteiger partial charge in [-0.2, -0.15) is 0 Å². The number of rotatable bonds is 3. The Labute approximate surface area is 92.7 Å². The van der Waals surface area contributed by atoms with Crippen molar-refractivity contribution in [3.05, 3.63) is 12.7 Å². The van der Waals surface area contributed by atoms with Crippen LogP contribution < -0.4 is 0 Å². The average molecular weight is 210 g/mol. The van der Waals surface area contributed by atoms with Gasteiger partial charge in [0.2, 0.25) is 0 Å². The molecule has 1 saturated carbocycles. The maximum Gasteiger partial charge on any atom is 0.330 e. The van der Waals surface area contributed by atoms with Crippen molar-refractivity contribution in [2.45, 2.75) is 46.1 Å². The Hall–Kier alpha value is -0.790. The van der Waals surface area contributed by atoms with Crippen molar-refractivity contribution in [2.75, 3.05) is 0 Å². The largest absolute Gasteiger partial charge is 0.459 e. The molecule has 2 heteroatoms. The number of hydrogen-bond donors (Lipinski definition) is 0. The monoisotopic (exact) mass is 210 g/mol. The predicted molar refractivity (Wildman–Crippen MR) is 61.4 cm³/mol. The van der Waals surface area contributed by atoms with Crippen LogP contribution in [0.3, 0.4) is 0 Å². The molecule has 1 aliphatic carbocycles. The third-order valence-corrected chi connectivity index (χ3v) is 3.40. The molecule has 2 nitrogen and oxygen atoms in total. The van der Waals surface area contributed by atoms with E-state index < -0.39 is 0 Å². The van der Waals surface area contributed by atoms with Gasteiger partial charge in [0.1, 0.15) is 6.10 Å². The Bertz CT molecular complexity index is 233. The summed E-state index contributed by atoms with van der Waals surface area (Å²) in [6.45, 7) is 10.1. The van der Waals surface area contributed by atoms with E-state index in [1.54, 1.807) is 0 Å². The van der Waals surface area contributed by atoms with Gasteiger partial charge in [-0.15, -0.1) is 0 Å². The lowest BCUT2D eigenvalue weighted by atomic mass is 9.75. The van der Waals surface area contributed by atoms with Crippen LogP contribution >= 0.6 is 0 Å². The van der Waals surface area contributed by atoms with E-state index in [0.29, 0.717) is 17.8 Å². The van der Waals surface area contributed by atoms with Crippen LogP contribution in [-0.4, -0.2) is 12.1 Å². The Morgan fingerprint density at radius 1 is 1.47 bits per heavy atom. The first kappa shape index (κ1) is 12.3. The third kappa shape index (κ3) is 3.37. The molecule has 0 radical (unpaired) electrons. The standard InChI is InChI=1S/C13H22O2/c1-5-13(14)15-12-8-10(4)6-7-11(12)9(2)3/h5,9-12H,1,6-8H2,2-4H3/t10-,11+,12-/m1/s1. The lowest BCUT2D eigenvalue weighted by Crippen LogP contribution is -2.35. The summed E-state index contributed by atoms with van der Waals surface area (Å²) in [5.74, 6) is 1.49.